The molecule has 1 fully saturated rings. The number of methoxy groups -OCH3 is 1. The number of nitrogens with two attached hydrogens (primary N) is 1. The normalized spacial score (nSPS) is 21.8. The first kappa shape index (κ1) is 26.5. The number of hydrogen-bond donors (Lipinski definition) is 2. The van der Waals surface area contributed by atoms with Crippen molar-refractivity contribution in [1.82, 2.24) is 9.80 Å². The summed E-state index contributed by atoms with van der Waals surface area (Å²) in [6.07, 6.45) is 1.99. The number of piperidine rings is 1. The molecule has 0 saturated carbocycles. The zero-order valence-corrected chi connectivity index (χ0v) is 20.2. The van der Waals surface area contributed by atoms with E-state index in [2.05, 4.69) is 14.9 Å². The van der Waals surface area contributed by atoms with Crippen LogP contribution in [0.3, 0.4) is 0 Å². The van der Waals surface area contributed by atoms with Crippen molar-refractivity contribution < 1.29 is 24.3 Å². The van der Waals surface area contributed by atoms with Crippen molar-refractivity contribution in [3.63, 3.8) is 0 Å². The molecule has 0 spiro atoms. The van der Waals surface area contributed by atoms with E-state index in [0.29, 0.717) is 0 Å². The summed E-state index contributed by atoms with van der Waals surface area (Å²) >= 11 is 0. The van der Waals surface area contributed by atoms with Crippen molar-refractivity contribution in [3.05, 3.63) is 45.5 Å². The highest BCUT2D eigenvalue weighted by Gasteiger charge is 2.43. The van der Waals surface area contributed by atoms with Crippen LogP contribution in [0.2, 0.25) is 0 Å². The number of rotatable bonds is 11. The smallest absolute Gasteiger partial charge is 0.317 e. The summed E-state index contributed by atoms with van der Waals surface area (Å²) in [6.45, 7) is 4.56. The summed E-state index contributed by atoms with van der Waals surface area (Å²) < 4.78 is 10.7. The highest BCUT2D eigenvalue weighted by Crippen LogP contribution is 2.20. The van der Waals surface area contributed by atoms with Crippen LogP contribution in [0.1, 0.15) is 37.3 Å². The molecule has 12 heteroatoms. The number of aliphatic imine (C=N–C) groups is 2. The van der Waals surface area contributed by atoms with Crippen molar-refractivity contribution in [2.45, 2.75) is 57.6 Å². The van der Waals surface area contributed by atoms with E-state index in [9.17, 15) is 20.0 Å². The van der Waals surface area contributed by atoms with Gasteiger partial charge < -0.3 is 20.3 Å². The number of nitrogens with zero attached hydrogens (tertiary/aromatic N) is 5. The van der Waals surface area contributed by atoms with Gasteiger partial charge in [-0.3, -0.25) is 24.7 Å². The van der Waals surface area contributed by atoms with Crippen LogP contribution in [0, 0.1) is 10.1 Å². The number of hydrogen-bond acceptors (Lipinski definition) is 10. The fraction of sp³-hybridized carbons (Fsp3) is 0.609. The van der Waals surface area contributed by atoms with Crippen LogP contribution >= 0.6 is 0 Å². The van der Waals surface area contributed by atoms with Gasteiger partial charge in [0.2, 0.25) is 0 Å². The molecule has 1 aromatic rings. The van der Waals surface area contributed by atoms with Gasteiger partial charge in [-0.15, -0.1) is 0 Å². The lowest BCUT2D eigenvalue weighted by Gasteiger charge is -2.31. The number of aliphatic carboxylic acids is 1. The van der Waals surface area contributed by atoms with Gasteiger partial charge in [-0.2, -0.15) is 4.99 Å². The van der Waals surface area contributed by atoms with Crippen molar-refractivity contribution in [1.29, 1.82) is 0 Å². The summed E-state index contributed by atoms with van der Waals surface area (Å²) in [5.74, 6) is -1.42. The van der Waals surface area contributed by atoms with E-state index in [1.54, 1.807) is 6.92 Å². The second kappa shape index (κ2) is 12.6. The van der Waals surface area contributed by atoms with Gasteiger partial charge in [0.05, 0.1) is 13.2 Å². The van der Waals surface area contributed by atoms with E-state index in [1.807, 2.05) is 24.3 Å². The van der Waals surface area contributed by atoms with Gasteiger partial charge in [0, 0.05) is 25.1 Å². The fourth-order valence-corrected chi connectivity index (χ4v) is 4.40. The SMILES string of the molecule is COCC(C)OC1=NC(N(CC(=O)O)Cc2cccc(CN3CCCCC3)c2)C([N+](=O)[O-])C(N)=N1. The molecule has 2 heterocycles. The highest BCUT2D eigenvalue weighted by atomic mass is 16.6. The molecule has 0 aliphatic carbocycles. The predicted octanol–water partition coefficient (Wildman–Crippen LogP) is 1.31. The Labute approximate surface area is 204 Å². The van der Waals surface area contributed by atoms with Crippen molar-refractivity contribution in [2.24, 2.45) is 15.7 Å². The maximum Gasteiger partial charge on any atom is 0.317 e. The van der Waals surface area contributed by atoms with Gasteiger partial charge in [0.1, 0.15) is 6.10 Å². The van der Waals surface area contributed by atoms with Crippen LogP contribution in [-0.2, 0) is 27.4 Å². The lowest BCUT2D eigenvalue weighted by molar-refractivity contribution is -0.510. The summed E-state index contributed by atoms with van der Waals surface area (Å²) in [5.41, 5.74) is 7.87. The average molecular weight is 491 g/mol. The first-order valence-corrected chi connectivity index (χ1v) is 11.7. The average Bonchev–Trinajstić information content (AvgIpc) is 2.79. The Morgan fingerprint density at radius 1 is 1.34 bits per heavy atom. The van der Waals surface area contributed by atoms with Crippen LogP contribution in [0.25, 0.3) is 0 Å². The van der Waals surface area contributed by atoms with E-state index >= 15 is 0 Å². The van der Waals surface area contributed by atoms with E-state index in [1.165, 1.54) is 31.3 Å². The molecule has 0 bridgehead atoms. The van der Waals surface area contributed by atoms with Crippen molar-refractivity contribution in [2.75, 3.05) is 33.4 Å². The molecule has 3 rings (SSSR count). The summed E-state index contributed by atoms with van der Waals surface area (Å²) in [5, 5.41) is 21.4. The number of carboxylic acids is 1. The number of carbonyl (C=O) groups is 1. The maximum atomic E-state index is 11.9. The van der Waals surface area contributed by atoms with Gasteiger partial charge in [-0.05, 0) is 44.0 Å². The summed E-state index contributed by atoms with van der Waals surface area (Å²) in [7, 11) is 1.51. The molecule has 1 aromatic carbocycles. The molecule has 3 unspecified atom stereocenters. The third kappa shape index (κ3) is 7.70. The molecule has 35 heavy (non-hydrogen) atoms. The van der Waals surface area contributed by atoms with Crippen LogP contribution in [-0.4, -0.2) is 89.3 Å². The zero-order valence-electron chi connectivity index (χ0n) is 20.2. The maximum absolute atomic E-state index is 11.9. The van der Waals surface area contributed by atoms with Gasteiger partial charge in [0.15, 0.2) is 12.0 Å². The minimum atomic E-state index is -1.50. The summed E-state index contributed by atoms with van der Waals surface area (Å²) in [6, 6.07) is 6.19. The molecule has 12 nitrogen and oxygen atoms in total. The Morgan fingerprint density at radius 2 is 2.06 bits per heavy atom. The van der Waals surface area contributed by atoms with E-state index in [0.717, 1.165) is 30.8 Å². The van der Waals surface area contributed by atoms with Crippen LogP contribution in [0.15, 0.2) is 34.3 Å². The molecule has 1 saturated heterocycles. The van der Waals surface area contributed by atoms with Crippen LogP contribution in [0.4, 0.5) is 0 Å². The molecule has 192 valence electrons. The molecule has 2 aliphatic rings. The first-order chi connectivity index (χ1) is 16.8. The molecule has 0 amide bonds. The molecular formula is C23H34N6O6. The largest absolute Gasteiger partial charge is 0.480 e. The minimum Gasteiger partial charge on any atom is -0.480 e. The first-order valence-electron chi connectivity index (χ1n) is 11.7. The van der Waals surface area contributed by atoms with E-state index in [-0.39, 0.29) is 25.0 Å². The molecule has 0 radical (unpaired) electrons. The van der Waals surface area contributed by atoms with Gasteiger partial charge in [-0.1, -0.05) is 30.7 Å². The second-order valence-electron chi connectivity index (χ2n) is 8.93. The van der Waals surface area contributed by atoms with Crippen molar-refractivity contribution >= 4 is 17.8 Å². The van der Waals surface area contributed by atoms with E-state index in [4.69, 9.17) is 15.2 Å². The van der Waals surface area contributed by atoms with Crippen molar-refractivity contribution in [3.8, 4) is 0 Å². The quantitative estimate of drug-likeness (QED) is 0.345. The Kier molecular flexibility index (Phi) is 9.52. The van der Waals surface area contributed by atoms with Crippen LogP contribution in [0.5, 0.6) is 0 Å². The van der Waals surface area contributed by atoms with Gasteiger partial charge in [0.25, 0.3) is 0 Å². The minimum absolute atomic E-state index is 0.132. The molecule has 2 aliphatic heterocycles. The number of ether oxygens (including phenoxy) is 2. The van der Waals surface area contributed by atoms with Gasteiger partial charge in [-0.25, -0.2) is 4.99 Å². The fourth-order valence-electron chi connectivity index (χ4n) is 4.40. The molecular weight excluding hydrogens is 456 g/mol. The standard InChI is InChI=1S/C23H34N6O6/c1-16(15-34-2)35-23-25-21(24)20(29(32)33)22(26-23)28(14-19(30)31)13-18-8-6-7-17(11-18)12-27-9-4-3-5-10-27/h6-8,11,16,20,22H,3-5,9-10,12-15H2,1-2H3,(H,30,31)(H2,24,25,26). The molecule has 0 aromatic heterocycles. The second-order valence-corrected chi connectivity index (χ2v) is 8.93. The zero-order chi connectivity index (χ0) is 25.4. The highest BCUT2D eigenvalue weighted by molar-refractivity contribution is 5.97. The number of carboxylic acid groups (broad SMARTS) is 1. The van der Waals surface area contributed by atoms with E-state index < -0.39 is 35.7 Å². The third-order valence-electron chi connectivity index (χ3n) is 5.93. The Hall–Kier alpha value is -3.09. The van der Waals surface area contributed by atoms with Gasteiger partial charge >= 0.3 is 18.0 Å². The van der Waals surface area contributed by atoms with Crippen LogP contribution < -0.4 is 5.73 Å². The lowest BCUT2D eigenvalue weighted by atomic mass is 10.1. The Balaban J connectivity index is 1.85. The third-order valence-corrected chi connectivity index (χ3v) is 5.93. The molecule has 3 N–H and O–H groups in total. The number of nitro groups is 1. The lowest BCUT2D eigenvalue weighted by Crippen LogP contribution is -2.55. The number of amidine groups is 2. The number of likely N-dealkylation sites (tertiary alicyclic amines) is 1. The summed E-state index contributed by atoms with van der Waals surface area (Å²) in [4.78, 5) is 35.0. The predicted molar refractivity (Wildman–Crippen MR) is 130 cm³/mol. The molecule has 3 atom stereocenters. The monoisotopic (exact) mass is 490 g/mol. The Morgan fingerprint density at radius 3 is 2.71 bits per heavy atom. The topological polar surface area (TPSA) is 156 Å². The Bertz CT molecular complexity index is 948. The number of benzene rings is 1.